The fraction of sp³-hybridized carbons (Fsp3) is 0.333. The number of para-hydroxylation sites is 1. The van der Waals surface area contributed by atoms with Crippen LogP contribution in [-0.2, 0) is 9.53 Å². The van der Waals surface area contributed by atoms with Gasteiger partial charge in [0.2, 0.25) is 5.91 Å². The summed E-state index contributed by atoms with van der Waals surface area (Å²) in [6.45, 7) is 1.55. The van der Waals surface area contributed by atoms with E-state index in [2.05, 4.69) is 15.6 Å². The van der Waals surface area contributed by atoms with Crippen molar-refractivity contribution >= 4 is 28.2 Å². The van der Waals surface area contributed by atoms with E-state index >= 15 is 0 Å². The van der Waals surface area contributed by atoms with E-state index < -0.39 is 0 Å². The predicted molar refractivity (Wildman–Crippen MR) is 84.1 cm³/mol. The lowest BCUT2D eigenvalue weighted by Crippen LogP contribution is -2.28. The number of nitrogen functional groups attached to an aromatic ring is 1. The molecular weight excluding hydrogens is 268 g/mol. The fourth-order valence-corrected chi connectivity index (χ4v) is 2.04. The summed E-state index contributed by atoms with van der Waals surface area (Å²) in [5.41, 5.74) is 8.24. The van der Waals surface area contributed by atoms with Crippen molar-refractivity contribution in [2.75, 3.05) is 37.9 Å². The minimum absolute atomic E-state index is 0.0171. The highest BCUT2D eigenvalue weighted by atomic mass is 16.5. The lowest BCUT2D eigenvalue weighted by atomic mass is 10.1. The quantitative estimate of drug-likeness (QED) is 0.670. The van der Waals surface area contributed by atoms with Gasteiger partial charge in [-0.15, -0.1) is 0 Å². The van der Waals surface area contributed by atoms with E-state index in [9.17, 15) is 4.79 Å². The Labute approximate surface area is 123 Å². The minimum atomic E-state index is -0.0171. The van der Waals surface area contributed by atoms with Gasteiger partial charge in [0.25, 0.3) is 0 Å². The monoisotopic (exact) mass is 288 g/mol. The van der Waals surface area contributed by atoms with E-state index in [0.717, 1.165) is 16.6 Å². The van der Waals surface area contributed by atoms with Gasteiger partial charge in [-0.3, -0.25) is 9.78 Å². The molecule has 0 spiro atoms. The van der Waals surface area contributed by atoms with Crippen LogP contribution in [0.4, 0.5) is 11.4 Å². The van der Waals surface area contributed by atoms with Crippen LogP contribution < -0.4 is 16.4 Å². The molecule has 0 aliphatic carbocycles. The zero-order chi connectivity index (χ0) is 15.1. The topological polar surface area (TPSA) is 89.3 Å². The molecule has 21 heavy (non-hydrogen) atoms. The number of fused-ring (bicyclic) bond motifs is 1. The van der Waals surface area contributed by atoms with E-state index in [1.165, 1.54) is 0 Å². The van der Waals surface area contributed by atoms with Crippen molar-refractivity contribution in [2.24, 2.45) is 0 Å². The van der Waals surface area contributed by atoms with Crippen LogP contribution in [-0.4, -0.2) is 37.7 Å². The van der Waals surface area contributed by atoms with Crippen molar-refractivity contribution < 1.29 is 9.53 Å². The number of methoxy groups -OCH3 is 1. The number of pyridine rings is 1. The molecule has 112 valence electrons. The predicted octanol–water partition coefficient (Wildman–Crippen LogP) is 1.38. The molecule has 1 aromatic heterocycles. The average molecular weight is 288 g/mol. The standard InChI is InChI=1S/C15H20N4O2/c1-21-9-8-17-14(20)6-7-18-15-11-4-2-3-5-13(11)19-10-12(15)16/h2-5,10H,6-9,16H2,1H3,(H,17,20)(H,18,19). The first-order valence-corrected chi connectivity index (χ1v) is 6.85. The molecule has 0 atom stereocenters. The number of carbonyl (C=O) groups is 1. The summed E-state index contributed by atoms with van der Waals surface area (Å²) in [7, 11) is 1.60. The summed E-state index contributed by atoms with van der Waals surface area (Å²) in [6, 6.07) is 7.75. The number of aromatic nitrogens is 1. The Morgan fingerprint density at radius 3 is 2.95 bits per heavy atom. The van der Waals surface area contributed by atoms with Crippen molar-refractivity contribution in [1.82, 2.24) is 10.3 Å². The molecule has 0 fully saturated rings. The minimum Gasteiger partial charge on any atom is -0.396 e. The third-order valence-corrected chi connectivity index (χ3v) is 3.09. The van der Waals surface area contributed by atoms with Gasteiger partial charge in [0.15, 0.2) is 0 Å². The van der Waals surface area contributed by atoms with Gasteiger partial charge < -0.3 is 21.1 Å². The SMILES string of the molecule is COCCNC(=O)CCNc1c(N)cnc2ccccc12. The Kier molecular flexibility index (Phi) is 5.34. The first kappa shape index (κ1) is 15.1. The number of nitrogens with zero attached hydrogens (tertiary/aromatic N) is 1. The number of nitrogens with two attached hydrogens (primary N) is 1. The first-order valence-electron chi connectivity index (χ1n) is 6.85. The van der Waals surface area contributed by atoms with Crippen LogP contribution in [0.1, 0.15) is 6.42 Å². The third-order valence-electron chi connectivity index (χ3n) is 3.09. The number of ether oxygens (including phenoxy) is 1. The molecule has 4 N–H and O–H groups in total. The third kappa shape index (κ3) is 4.06. The first-order chi connectivity index (χ1) is 10.2. The van der Waals surface area contributed by atoms with E-state index in [1.54, 1.807) is 13.3 Å². The molecule has 0 aliphatic rings. The van der Waals surface area contributed by atoms with E-state index in [1.807, 2.05) is 24.3 Å². The van der Waals surface area contributed by atoms with Crippen molar-refractivity contribution in [3.63, 3.8) is 0 Å². The van der Waals surface area contributed by atoms with Crippen LogP contribution in [0.5, 0.6) is 0 Å². The molecule has 2 aromatic rings. The summed E-state index contributed by atoms with van der Waals surface area (Å²) in [5, 5.41) is 6.95. The van der Waals surface area contributed by atoms with Crippen molar-refractivity contribution in [3.05, 3.63) is 30.5 Å². The molecule has 2 rings (SSSR count). The van der Waals surface area contributed by atoms with Gasteiger partial charge in [0.05, 0.1) is 29.7 Å². The molecule has 0 radical (unpaired) electrons. The van der Waals surface area contributed by atoms with Crippen LogP contribution in [0.15, 0.2) is 30.5 Å². The lowest BCUT2D eigenvalue weighted by molar-refractivity contribution is -0.121. The Balaban J connectivity index is 1.94. The summed E-state index contributed by atoms with van der Waals surface area (Å²) in [4.78, 5) is 15.9. The number of benzene rings is 1. The van der Waals surface area contributed by atoms with E-state index in [0.29, 0.717) is 31.8 Å². The Bertz CT molecular complexity index is 616. The Morgan fingerprint density at radius 2 is 2.14 bits per heavy atom. The molecule has 0 unspecified atom stereocenters. The molecule has 1 aromatic carbocycles. The number of hydrogen-bond acceptors (Lipinski definition) is 5. The maximum atomic E-state index is 11.6. The molecule has 0 saturated carbocycles. The number of rotatable bonds is 7. The van der Waals surface area contributed by atoms with Crippen LogP contribution in [0, 0.1) is 0 Å². The van der Waals surface area contributed by atoms with E-state index in [4.69, 9.17) is 10.5 Å². The zero-order valence-corrected chi connectivity index (χ0v) is 12.1. The Morgan fingerprint density at radius 1 is 1.33 bits per heavy atom. The van der Waals surface area contributed by atoms with Gasteiger partial charge in [-0.25, -0.2) is 0 Å². The number of hydrogen-bond donors (Lipinski definition) is 3. The summed E-state index contributed by atoms with van der Waals surface area (Å²) >= 11 is 0. The molecule has 6 nitrogen and oxygen atoms in total. The fourth-order valence-electron chi connectivity index (χ4n) is 2.04. The zero-order valence-electron chi connectivity index (χ0n) is 12.1. The summed E-state index contributed by atoms with van der Waals surface area (Å²) < 4.78 is 4.88. The molecule has 1 amide bonds. The molecular formula is C15H20N4O2. The maximum Gasteiger partial charge on any atom is 0.221 e. The van der Waals surface area contributed by atoms with Gasteiger partial charge in [-0.2, -0.15) is 0 Å². The number of nitrogens with one attached hydrogen (secondary N) is 2. The summed E-state index contributed by atoms with van der Waals surface area (Å²) in [6.07, 6.45) is 2.00. The normalized spacial score (nSPS) is 10.5. The summed E-state index contributed by atoms with van der Waals surface area (Å²) in [5.74, 6) is -0.0171. The highest BCUT2D eigenvalue weighted by Gasteiger charge is 2.07. The maximum absolute atomic E-state index is 11.6. The van der Waals surface area contributed by atoms with E-state index in [-0.39, 0.29) is 5.91 Å². The lowest BCUT2D eigenvalue weighted by Gasteiger charge is -2.12. The molecule has 6 heteroatoms. The largest absolute Gasteiger partial charge is 0.396 e. The van der Waals surface area contributed by atoms with Gasteiger partial charge in [0.1, 0.15) is 0 Å². The van der Waals surface area contributed by atoms with Crippen molar-refractivity contribution in [1.29, 1.82) is 0 Å². The highest BCUT2D eigenvalue weighted by Crippen LogP contribution is 2.27. The van der Waals surface area contributed by atoms with Crippen LogP contribution in [0.3, 0.4) is 0 Å². The number of anilines is 2. The second-order valence-electron chi connectivity index (χ2n) is 4.63. The van der Waals surface area contributed by atoms with Crippen LogP contribution in [0.2, 0.25) is 0 Å². The number of amides is 1. The molecule has 1 heterocycles. The van der Waals surface area contributed by atoms with Gasteiger partial charge in [-0.1, -0.05) is 18.2 Å². The average Bonchev–Trinajstić information content (AvgIpc) is 2.50. The highest BCUT2D eigenvalue weighted by molar-refractivity contribution is 5.96. The number of carbonyl (C=O) groups excluding carboxylic acids is 1. The second kappa shape index (κ2) is 7.44. The van der Waals surface area contributed by atoms with Crippen molar-refractivity contribution in [2.45, 2.75) is 6.42 Å². The van der Waals surface area contributed by atoms with Gasteiger partial charge >= 0.3 is 0 Å². The smallest absolute Gasteiger partial charge is 0.221 e. The van der Waals surface area contributed by atoms with Crippen molar-refractivity contribution in [3.8, 4) is 0 Å². The Hall–Kier alpha value is -2.34. The molecule has 0 bridgehead atoms. The van der Waals surface area contributed by atoms with Gasteiger partial charge in [0, 0.05) is 32.0 Å². The second-order valence-corrected chi connectivity index (χ2v) is 4.63. The molecule has 0 saturated heterocycles. The van der Waals surface area contributed by atoms with Gasteiger partial charge in [-0.05, 0) is 6.07 Å². The van der Waals surface area contributed by atoms with Crippen LogP contribution in [0.25, 0.3) is 10.9 Å². The molecule has 0 aliphatic heterocycles. The van der Waals surface area contributed by atoms with Crippen LogP contribution >= 0.6 is 0 Å².